The number of carbonyl (C=O) groups is 2. The van der Waals surface area contributed by atoms with Gasteiger partial charge in [-0.3, -0.25) is 4.79 Å². The molecule has 0 aliphatic carbocycles. The van der Waals surface area contributed by atoms with Crippen LogP contribution < -0.4 is 10.1 Å². The Balaban J connectivity index is 1.79. The summed E-state index contributed by atoms with van der Waals surface area (Å²) in [6.45, 7) is 1.13. The first kappa shape index (κ1) is 13.8. The second-order valence-corrected chi connectivity index (χ2v) is 5.08. The molecule has 0 aromatic carbocycles. The van der Waals surface area contributed by atoms with Crippen molar-refractivity contribution in [2.45, 2.75) is 18.9 Å². The van der Waals surface area contributed by atoms with Gasteiger partial charge in [0.15, 0.2) is 11.5 Å². The zero-order valence-electron chi connectivity index (χ0n) is 10.3. The van der Waals surface area contributed by atoms with Gasteiger partial charge in [0.1, 0.15) is 5.75 Å². The van der Waals surface area contributed by atoms with E-state index in [2.05, 4.69) is 5.32 Å². The Labute approximate surface area is 114 Å². The minimum absolute atomic E-state index is 0.110. The Morgan fingerprint density at radius 3 is 2.89 bits per heavy atom. The van der Waals surface area contributed by atoms with Gasteiger partial charge in [0.05, 0.1) is 0 Å². The molecule has 0 saturated carbocycles. The van der Waals surface area contributed by atoms with Crippen molar-refractivity contribution < 1.29 is 24.2 Å². The van der Waals surface area contributed by atoms with Crippen LogP contribution in [-0.2, 0) is 9.53 Å². The van der Waals surface area contributed by atoms with Crippen LogP contribution in [0, 0.1) is 0 Å². The van der Waals surface area contributed by atoms with E-state index in [1.165, 1.54) is 0 Å². The Kier molecular flexibility index (Phi) is 4.75. The maximum Gasteiger partial charge on any atom is 0.349 e. The van der Waals surface area contributed by atoms with E-state index in [0.717, 1.165) is 24.2 Å². The first-order valence-electron chi connectivity index (χ1n) is 5.97. The number of hydrogen-bond acceptors (Lipinski definition) is 5. The van der Waals surface area contributed by atoms with E-state index < -0.39 is 5.97 Å². The number of thiophene rings is 1. The Morgan fingerprint density at radius 2 is 2.21 bits per heavy atom. The maximum absolute atomic E-state index is 11.7. The fourth-order valence-electron chi connectivity index (χ4n) is 1.82. The van der Waals surface area contributed by atoms with Crippen molar-refractivity contribution in [2.24, 2.45) is 0 Å². The first-order chi connectivity index (χ1) is 9.16. The highest BCUT2D eigenvalue weighted by Gasteiger charge is 2.18. The van der Waals surface area contributed by atoms with Crippen LogP contribution >= 0.6 is 11.3 Å². The van der Waals surface area contributed by atoms with Gasteiger partial charge in [-0.1, -0.05) is 0 Å². The monoisotopic (exact) mass is 285 g/mol. The third kappa shape index (κ3) is 3.93. The van der Waals surface area contributed by atoms with Gasteiger partial charge >= 0.3 is 5.97 Å². The largest absolute Gasteiger partial charge is 0.482 e. The van der Waals surface area contributed by atoms with Gasteiger partial charge in [-0.2, -0.15) is 0 Å². The summed E-state index contributed by atoms with van der Waals surface area (Å²) in [4.78, 5) is 22.6. The summed E-state index contributed by atoms with van der Waals surface area (Å²) < 4.78 is 10.4. The number of rotatable bonds is 5. The van der Waals surface area contributed by atoms with Crippen molar-refractivity contribution in [3.8, 4) is 5.75 Å². The van der Waals surface area contributed by atoms with Crippen LogP contribution in [0.3, 0.4) is 0 Å². The van der Waals surface area contributed by atoms with Crippen LogP contribution in [0.1, 0.15) is 22.5 Å². The highest BCUT2D eigenvalue weighted by molar-refractivity contribution is 7.12. The molecule has 0 atom stereocenters. The fourth-order valence-corrected chi connectivity index (χ4v) is 2.49. The molecule has 7 heteroatoms. The van der Waals surface area contributed by atoms with E-state index in [1.54, 1.807) is 11.4 Å². The quantitative estimate of drug-likeness (QED) is 0.847. The molecule has 0 spiro atoms. The Hall–Kier alpha value is -1.60. The van der Waals surface area contributed by atoms with Gasteiger partial charge in [-0.25, -0.2) is 4.79 Å². The van der Waals surface area contributed by atoms with Crippen LogP contribution in [0.2, 0.25) is 0 Å². The lowest BCUT2D eigenvalue weighted by atomic mass is 10.1. The normalized spacial score (nSPS) is 16.0. The van der Waals surface area contributed by atoms with Crippen molar-refractivity contribution in [1.82, 2.24) is 5.32 Å². The Morgan fingerprint density at radius 1 is 1.47 bits per heavy atom. The SMILES string of the molecule is O=C(COc1ccsc1C(=O)O)NC1CCOCC1. The Bertz CT molecular complexity index is 453. The van der Waals surface area contributed by atoms with Crippen LogP contribution in [0.4, 0.5) is 0 Å². The number of aromatic carboxylic acids is 1. The standard InChI is InChI=1S/C12H15NO5S/c14-10(13-8-1-4-17-5-2-8)7-18-9-3-6-19-11(9)12(15)16/h3,6,8H,1-2,4-5,7H2,(H,13,14)(H,15,16). The first-order valence-corrected chi connectivity index (χ1v) is 6.85. The number of carboxylic acids is 1. The summed E-state index contributed by atoms with van der Waals surface area (Å²) in [7, 11) is 0. The molecular weight excluding hydrogens is 270 g/mol. The van der Waals surface area contributed by atoms with Crippen molar-refractivity contribution in [3.05, 3.63) is 16.3 Å². The van der Waals surface area contributed by atoms with E-state index in [4.69, 9.17) is 14.6 Å². The molecule has 6 nitrogen and oxygen atoms in total. The van der Waals surface area contributed by atoms with Crippen molar-refractivity contribution >= 4 is 23.2 Å². The highest BCUT2D eigenvalue weighted by Crippen LogP contribution is 2.24. The molecular formula is C12H15NO5S. The third-order valence-electron chi connectivity index (χ3n) is 2.77. The van der Waals surface area contributed by atoms with Crippen molar-refractivity contribution in [2.75, 3.05) is 19.8 Å². The summed E-state index contributed by atoms with van der Waals surface area (Å²) in [5.74, 6) is -1.05. The summed E-state index contributed by atoms with van der Waals surface area (Å²) in [5.41, 5.74) is 0. The minimum Gasteiger partial charge on any atom is -0.482 e. The number of amides is 1. The second-order valence-electron chi connectivity index (χ2n) is 4.16. The number of carbonyl (C=O) groups excluding carboxylic acids is 1. The molecule has 1 amide bonds. The highest BCUT2D eigenvalue weighted by atomic mass is 32.1. The molecule has 2 heterocycles. The number of nitrogens with one attached hydrogen (secondary N) is 1. The number of hydrogen-bond donors (Lipinski definition) is 2. The number of ether oxygens (including phenoxy) is 2. The van der Waals surface area contributed by atoms with Crippen LogP contribution in [0.15, 0.2) is 11.4 Å². The summed E-state index contributed by atoms with van der Waals surface area (Å²) in [6, 6.07) is 1.67. The molecule has 0 unspecified atom stereocenters. The molecule has 104 valence electrons. The number of carboxylic acid groups (broad SMARTS) is 1. The van der Waals surface area contributed by atoms with Crippen LogP contribution in [0.25, 0.3) is 0 Å². The fraction of sp³-hybridized carbons (Fsp3) is 0.500. The van der Waals surface area contributed by atoms with Gasteiger partial charge < -0.3 is 19.9 Å². The van der Waals surface area contributed by atoms with Crippen molar-refractivity contribution in [1.29, 1.82) is 0 Å². The van der Waals surface area contributed by atoms with E-state index in [9.17, 15) is 9.59 Å². The lowest BCUT2D eigenvalue weighted by Gasteiger charge is -2.23. The summed E-state index contributed by atoms with van der Waals surface area (Å²) in [5, 5.41) is 13.4. The van der Waals surface area contributed by atoms with E-state index in [1.807, 2.05) is 0 Å². The van der Waals surface area contributed by atoms with Gasteiger partial charge in [-0.15, -0.1) is 11.3 Å². The second kappa shape index (κ2) is 6.53. The predicted molar refractivity (Wildman–Crippen MR) is 68.8 cm³/mol. The molecule has 1 aliphatic rings. The third-order valence-corrected chi connectivity index (χ3v) is 3.65. The lowest BCUT2D eigenvalue weighted by molar-refractivity contribution is -0.124. The zero-order valence-corrected chi connectivity index (χ0v) is 11.1. The lowest BCUT2D eigenvalue weighted by Crippen LogP contribution is -2.41. The average molecular weight is 285 g/mol. The van der Waals surface area contributed by atoms with Crippen LogP contribution in [-0.4, -0.2) is 42.8 Å². The molecule has 1 aromatic heterocycles. The molecule has 1 aromatic rings. The molecule has 0 radical (unpaired) electrons. The van der Waals surface area contributed by atoms with Gasteiger partial charge in [0.2, 0.25) is 0 Å². The summed E-state index contributed by atoms with van der Waals surface area (Å²) >= 11 is 1.07. The smallest absolute Gasteiger partial charge is 0.349 e. The molecule has 0 bridgehead atoms. The van der Waals surface area contributed by atoms with Crippen molar-refractivity contribution in [3.63, 3.8) is 0 Å². The van der Waals surface area contributed by atoms with Crippen LogP contribution in [0.5, 0.6) is 5.75 Å². The maximum atomic E-state index is 11.7. The molecule has 2 rings (SSSR count). The van der Waals surface area contributed by atoms with E-state index in [0.29, 0.717) is 13.2 Å². The van der Waals surface area contributed by atoms with Gasteiger partial charge in [0, 0.05) is 19.3 Å². The molecule has 1 aliphatic heterocycles. The van der Waals surface area contributed by atoms with E-state index >= 15 is 0 Å². The van der Waals surface area contributed by atoms with Gasteiger partial charge in [-0.05, 0) is 24.3 Å². The zero-order chi connectivity index (χ0) is 13.7. The average Bonchev–Trinajstić information content (AvgIpc) is 2.86. The predicted octanol–water partition coefficient (Wildman–Crippen LogP) is 1.12. The molecule has 2 N–H and O–H groups in total. The minimum atomic E-state index is -1.05. The molecule has 19 heavy (non-hydrogen) atoms. The topological polar surface area (TPSA) is 84.9 Å². The van der Waals surface area contributed by atoms with Gasteiger partial charge in [0.25, 0.3) is 5.91 Å². The molecule has 1 saturated heterocycles. The van der Waals surface area contributed by atoms with E-state index in [-0.39, 0.29) is 29.2 Å². The summed E-state index contributed by atoms with van der Waals surface area (Å²) in [6.07, 6.45) is 1.59. The molecule has 1 fully saturated rings.